The predicted molar refractivity (Wildman–Crippen MR) is 59.6 cm³/mol. The molecule has 5 nitrogen and oxygen atoms in total. The molecule has 0 N–H and O–H groups in total. The average Bonchev–Trinajstić information content (AvgIpc) is 2.86. The molecule has 1 heterocycles. The van der Waals surface area contributed by atoms with E-state index in [2.05, 4.69) is 5.10 Å². The minimum Gasteiger partial charge on any atom is -0.443 e. The normalized spacial score (nSPS) is 9.88. The summed E-state index contributed by atoms with van der Waals surface area (Å²) in [5.41, 5.74) is 1.23. The van der Waals surface area contributed by atoms with Crippen LogP contribution in [0.3, 0.4) is 0 Å². The summed E-state index contributed by atoms with van der Waals surface area (Å²) in [6, 6.07) is 9.32. The third-order valence-corrected chi connectivity index (χ3v) is 2.13. The van der Waals surface area contributed by atoms with Crippen molar-refractivity contribution in [3.63, 3.8) is 0 Å². The Bertz CT molecular complexity index is 520. The SMILES string of the molecule is O=Cc1cnn(C(=O)OCc2ccccc2)c1. The molecule has 1 aromatic carbocycles. The van der Waals surface area contributed by atoms with Crippen LogP contribution in [0.15, 0.2) is 42.7 Å². The van der Waals surface area contributed by atoms with Crippen LogP contribution >= 0.6 is 0 Å². The molecule has 0 radical (unpaired) electrons. The number of carbonyl (C=O) groups is 2. The van der Waals surface area contributed by atoms with Crippen molar-refractivity contribution in [2.45, 2.75) is 6.61 Å². The van der Waals surface area contributed by atoms with E-state index in [-0.39, 0.29) is 6.61 Å². The van der Waals surface area contributed by atoms with E-state index < -0.39 is 6.09 Å². The quantitative estimate of drug-likeness (QED) is 0.755. The van der Waals surface area contributed by atoms with Crippen LogP contribution in [0.4, 0.5) is 4.79 Å². The lowest BCUT2D eigenvalue weighted by atomic mass is 10.2. The predicted octanol–water partition coefficient (Wildman–Crippen LogP) is 1.88. The van der Waals surface area contributed by atoms with Crippen LogP contribution in [0.1, 0.15) is 15.9 Å². The molecule has 86 valence electrons. The maximum atomic E-state index is 11.5. The molecular formula is C12H10N2O3. The Balaban J connectivity index is 1.96. The fourth-order valence-electron chi connectivity index (χ4n) is 1.28. The molecule has 0 atom stereocenters. The third-order valence-electron chi connectivity index (χ3n) is 2.13. The Morgan fingerprint density at radius 3 is 2.76 bits per heavy atom. The highest BCUT2D eigenvalue weighted by molar-refractivity contribution is 5.76. The van der Waals surface area contributed by atoms with E-state index in [0.29, 0.717) is 11.8 Å². The first-order valence-electron chi connectivity index (χ1n) is 5.00. The van der Waals surface area contributed by atoms with E-state index in [0.717, 1.165) is 10.2 Å². The molecule has 2 rings (SSSR count). The molecule has 2 aromatic rings. The van der Waals surface area contributed by atoms with Gasteiger partial charge >= 0.3 is 6.09 Å². The number of benzene rings is 1. The van der Waals surface area contributed by atoms with Crippen molar-refractivity contribution >= 4 is 12.4 Å². The summed E-state index contributed by atoms with van der Waals surface area (Å²) >= 11 is 0. The zero-order valence-corrected chi connectivity index (χ0v) is 8.95. The van der Waals surface area contributed by atoms with E-state index in [1.165, 1.54) is 12.4 Å². The topological polar surface area (TPSA) is 61.2 Å². The Labute approximate surface area is 97.6 Å². The van der Waals surface area contributed by atoms with Crippen molar-refractivity contribution in [1.82, 2.24) is 9.78 Å². The van der Waals surface area contributed by atoms with E-state index in [9.17, 15) is 9.59 Å². The molecule has 0 bridgehead atoms. The standard InChI is InChI=1S/C12H10N2O3/c15-8-11-6-13-14(7-11)12(16)17-9-10-4-2-1-3-5-10/h1-8H,9H2. The molecule has 0 amide bonds. The van der Waals surface area contributed by atoms with Gasteiger partial charge < -0.3 is 4.74 Å². The zero-order valence-electron chi connectivity index (χ0n) is 8.95. The number of nitrogens with zero attached hydrogens (tertiary/aromatic N) is 2. The van der Waals surface area contributed by atoms with E-state index in [1.54, 1.807) is 0 Å². The second-order valence-corrected chi connectivity index (χ2v) is 3.38. The molecule has 0 aliphatic heterocycles. The lowest BCUT2D eigenvalue weighted by Gasteiger charge is -2.03. The van der Waals surface area contributed by atoms with Crippen LogP contribution in [0.5, 0.6) is 0 Å². The van der Waals surface area contributed by atoms with Gasteiger partial charge in [0.25, 0.3) is 0 Å². The Kier molecular flexibility index (Phi) is 3.30. The average molecular weight is 230 g/mol. The first-order chi connectivity index (χ1) is 8.29. The fourth-order valence-corrected chi connectivity index (χ4v) is 1.28. The van der Waals surface area contributed by atoms with Gasteiger partial charge in [-0.1, -0.05) is 30.3 Å². The minimum atomic E-state index is -0.609. The van der Waals surface area contributed by atoms with Crippen molar-refractivity contribution in [3.05, 3.63) is 53.9 Å². The van der Waals surface area contributed by atoms with Crippen LogP contribution in [-0.4, -0.2) is 22.2 Å². The summed E-state index contributed by atoms with van der Waals surface area (Å²) in [5.74, 6) is 0. The van der Waals surface area contributed by atoms with Crippen LogP contribution < -0.4 is 0 Å². The van der Waals surface area contributed by atoms with Gasteiger partial charge in [-0.3, -0.25) is 4.79 Å². The van der Waals surface area contributed by atoms with Gasteiger partial charge in [0, 0.05) is 6.20 Å². The van der Waals surface area contributed by atoms with Gasteiger partial charge in [-0.25, -0.2) is 4.79 Å². The number of aromatic nitrogens is 2. The minimum absolute atomic E-state index is 0.177. The summed E-state index contributed by atoms with van der Waals surface area (Å²) in [6.07, 6.45) is 2.63. The first-order valence-corrected chi connectivity index (χ1v) is 5.00. The van der Waals surface area contributed by atoms with Gasteiger partial charge in [-0.2, -0.15) is 9.78 Å². The Hall–Kier alpha value is -2.43. The fraction of sp³-hybridized carbons (Fsp3) is 0.0833. The molecule has 0 fully saturated rings. The maximum absolute atomic E-state index is 11.5. The second-order valence-electron chi connectivity index (χ2n) is 3.38. The van der Waals surface area contributed by atoms with Crippen molar-refractivity contribution in [1.29, 1.82) is 0 Å². The summed E-state index contributed by atoms with van der Waals surface area (Å²) in [7, 11) is 0. The van der Waals surface area contributed by atoms with Gasteiger partial charge in [0.1, 0.15) is 6.61 Å². The van der Waals surface area contributed by atoms with Crippen molar-refractivity contribution in [2.75, 3.05) is 0 Å². The molecular weight excluding hydrogens is 220 g/mol. The van der Waals surface area contributed by atoms with Gasteiger partial charge in [0.05, 0.1) is 11.8 Å². The number of carbonyl (C=O) groups excluding carboxylic acids is 2. The number of hydrogen-bond acceptors (Lipinski definition) is 4. The maximum Gasteiger partial charge on any atom is 0.435 e. The van der Waals surface area contributed by atoms with Crippen molar-refractivity contribution in [3.8, 4) is 0 Å². The van der Waals surface area contributed by atoms with E-state index in [4.69, 9.17) is 4.74 Å². The molecule has 17 heavy (non-hydrogen) atoms. The number of hydrogen-bond donors (Lipinski definition) is 0. The molecule has 0 saturated heterocycles. The molecule has 0 aliphatic rings. The van der Waals surface area contributed by atoms with Gasteiger partial charge in [-0.05, 0) is 5.56 Å². The summed E-state index contributed by atoms with van der Waals surface area (Å²) < 4.78 is 6.01. The summed E-state index contributed by atoms with van der Waals surface area (Å²) in [6.45, 7) is 0.177. The lowest BCUT2D eigenvalue weighted by molar-refractivity contribution is 0.112. The number of aldehydes is 1. The number of rotatable bonds is 3. The number of ether oxygens (including phenoxy) is 1. The molecule has 0 saturated carbocycles. The van der Waals surface area contributed by atoms with Crippen LogP contribution in [-0.2, 0) is 11.3 Å². The van der Waals surface area contributed by atoms with Gasteiger partial charge in [0.15, 0.2) is 6.29 Å². The van der Waals surface area contributed by atoms with Gasteiger partial charge in [-0.15, -0.1) is 0 Å². The zero-order chi connectivity index (χ0) is 12.1. The Morgan fingerprint density at radius 1 is 1.35 bits per heavy atom. The smallest absolute Gasteiger partial charge is 0.435 e. The highest BCUT2D eigenvalue weighted by atomic mass is 16.6. The van der Waals surface area contributed by atoms with Crippen LogP contribution in [0, 0.1) is 0 Å². The van der Waals surface area contributed by atoms with Crippen molar-refractivity contribution < 1.29 is 14.3 Å². The highest BCUT2D eigenvalue weighted by Crippen LogP contribution is 2.02. The van der Waals surface area contributed by atoms with Crippen LogP contribution in [0.2, 0.25) is 0 Å². The monoisotopic (exact) mass is 230 g/mol. The van der Waals surface area contributed by atoms with Crippen molar-refractivity contribution in [2.24, 2.45) is 0 Å². The van der Waals surface area contributed by atoms with E-state index in [1.807, 2.05) is 30.3 Å². The molecule has 5 heteroatoms. The molecule has 0 aliphatic carbocycles. The van der Waals surface area contributed by atoms with Crippen LogP contribution in [0.25, 0.3) is 0 Å². The molecule has 0 spiro atoms. The lowest BCUT2D eigenvalue weighted by Crippen LogP contribution is -2.13. The third kappa shape index (κ3) is 2.78. The largest absolute Gasteiger partial charge is 0.443 e. The molecule has 1 aromatic heterocycles. The molecule has 0 unspecified atom stereocenters. The Morgan fingerprint density at radius 2 is 2.12 bits per heavy atom. The summed E-state index contributed by atoms with van der Waals surface area (Å²) in [5, 5.41) is 3.71. The van der Waals surface area contributed by atoms with E-state index >= 15 is 0 Å². The first kappa shape index (κ1) is 11.1. The van der Waals surface area contributed by atoms with Gasteiger partial charge in [0.2, 0.25) is 0 Å². The second kappa shape index (κ2) is 5.07. The highest BCUT2D eigenvalue weighted by Gasteiger charge is 2.07. The summed E-state index contributed by atoms with van der Waals surface area (Å²) in [4.78, 5) is 21.9.